The van der Waals surface area contributed by atoms with E-state index in [9.17, 15) is 4.79 Å². The molecule has 0 aromatic heterocycles. The normalized spacial score (nSPS) is 15.7. The van der Waals surface area contributed by atoms with E-state index >= 15 is 0 Å². The van der Waals surface area contributed by atoms with Crippen LogP contribution in [0.4, 0.5) is 0 Å². The second-order valence-electron chi connectivity index (χ2n) is 4.21. The van der Waals surface area contributed by atoms with Gasteiger partial charge >= 0.3 is 5.97 Å². The summed E-state index contributed by atoms with van der Waals surface area (Å²) in [5.74, 6) is 1.14. The molecule has 1 aromatic carbocycles. The van der Waals surface area contributed by atoms with E-state index in [1.54, 1.807) is 0 Å². The highest BCUT2D eigenvalue weighted by molar-refractivity contribution is 5.73. The third-order valence-electron chi connectivity index (χ3n) is 2.96. The van der Waals surface area contributed by atoms with Gasteiger partial charge in [0, 0.05) is 12.5 Å². The minimum atomic E-state index is -0.372. The molecular weight excluding hydrogens is 234 g/mol. The predicted molar refractivity (Wildman–Crippen MR) is 63.8 cm³/mol. The van der Waals surface area contributed by atoms with E-state index in [1.807, 2.05) is 18.2 Å². The van der Waals surface area contributed by atoms with Gasteiger partial charge in [0.25, 0.3) is 0 Å². The highest BCUT2D eigenvalue weighted by atomic mass is 16.7. The molecule has 0 spiro atoms. The Morgan fingerprint density at radius 3 is 2.89 bits per heavy atom. The van der Waals surface area contributed by atoms with Crippen LogP contribution in [0.5, 0.6) is 11.5 Å². The monoisotopic (exact) mass is 247 g/mol. The van der Waals surface area contributed by atoms with Gasteiger partial charge < -0.3 is 14.3 Å². The maximum atomic E-state index is 10.8. The summed E-state index contributed by atoms with van der Waals surface area (Å²) in [5, 5.41) is 0. The van der Waals surface area contributed by atoms with Gasteiger partial charge in [0.15, 0.2) is 11.5 Å². The second kappa shape index (κ2) is 4.25. The first-order valence-electron chi connectivity index (χ1n) is 5.80. The number of rotatable bonds is 2. The summed E-state index contributed by atoms with van der Waals surface area (Å²) in [6.07, 6.45) is 3.85. The fraction of sp³-hybridized carbons (Fsp3) is 0.308. The SMILES string of the molecule is CC(=O)ONC1=CCCc2cc3c(cc21)OCO3. The number of allylic oxidation sites excluding steroid dienone is 1. The first kappa shape index (κ1) is 11.0. The molecule has 1 aliphatic carbocycles. The molecule has 5 heteroatoms. The van der Waals surface area contributed by atoms with E-state index in [1.165, 1.54) is 6.92 Å². The smallest absolute Gasteiger partial charge is 0.329 e. The number of aryl methyl sites for hydroxylation is 1. The summed E-state index contributed by atoms with van der Waals surface area (Å²) < 4.78 is 10.7. The van der Waals surface area contributed by atoms with Gasteiger partial charge in [0.2, 0.25) is 6.79 Å². The minimum absolute atomic E-state index is 0.259. The van der Waals surface area contributed by atoms with Crippen molar-refractivity contribution in [3.8, 4) is 11.5 Å². The molecule has 0 radical (unpaired) electrons. The summed E-state index contributed by atoms with van der Waals surface area (Å²) in [6, 6.07) is 3.90. The predicted octanol–water partition coefficient (Wildman–Crippen LogP) is 1.77. The van der Waals surface area contributed by atoms with Gasteiger partial charge in [-0.05, 0) is 30.5 Å². The third kappa shape index (κ3) is 1.88. The summed E-state index contributed by atoms with van der Waals surface area (Å²) in [7, 11) is 0. The number of fused-ring (bicyclic) bond motifs is 2. The molecule has 0 bridgehead atoms. The summed E-state index contributed by atoms with van der Waals surface area (Å²) in [5.41, 5.74) is 5.64. The number of ether oxygens (including phenoxy) is 2. The van der Waals surface area contributed by atoms with Gasteiger partial charge in [-0.2, -0.15) is 0 Å². The van der Waals surface area contributed by atoms with Crippen LogP contribution in [-0.4, -0.2) is 12.8 Å². The molecule has 5 nitrogen and oxygen atoms in total. The van der Waals surface area contributed by atoms with Gasteiger partial charge in [-0.25, -0.2) is 5.48 Å². The molecular formula is C13H13NO4. The zero-order valence-electron chi connectivity index (χ0n) is 9.99. The Kier molecular flexibility index (Phi) is 2.59. The van der Waals surface area contributed by atoms with E-state index in [0.29, 0.717) is 0 Å². The van der Waals surface area contributed by atoms with E-state index in [0.717, 1.165) is 41.2 Å². The van der Waals surface area contributed by atoms with Crippen LogP contribution >= 0.6 is 0 Å². The number of hydrogen-bond acceptors (Lipinski definition) is 5. The summed E-state index contributed by atoms with van der Waals surface area (Å²) in [4.78, 5) is 15.7. The molecule has 18 heavy (non-hydrogen) atoms. The van der Waals surface area contributed by atoms with Crippen molar-refractivity contribution in [2.24, 2.45) is 0 Å². The molecule has 0 saturated heterocycles. The zero-order chi connectivity index (χ0) is 12.5. The van der Waals surface area contributed by atoms with E-state index < -0.39 is 0 Å². The van der Waals surface area contributed by atoms with Crippen LogP contribution in [0.25, 0.3) is 5.70 Å². The quantitative estimate of drug-likeness (QED) is 0.807. The van der Waals surface area contributed by atoms with E-state index in [2.05, 4.69) is 5.48 Å². The average Bonchev–Trinajstić information content (AvgIpc) is 2.80. The lowest BCUT2D eigenvalue weighted by atomic mass is 9.94. The largest absolute Gasteiger partial charge is 0.454 e. The maximum Gasteiger partial charge on any atom is 0.329 e. The van der Waals surface area contributed by atoms with Gasteiger partial charge in [0.1, 0.15) is 0 Å². The molecule has 3 rings (SSSR count). The molecule has 0 unspecified atom stereocenters. The molecule has 1 aliphatic heterocycles. The highest BCUT2D eigenvalue weighted by Gasteiger charge is 2.21. The van der Waals surface area contributed by atoms with Crippen LogP contribution in [0.15, 0.2) is 18.2 Å². The fourth-order valence-corrected chi connectivity index (χ4v) is 2.15. The Morgan fingerprint density at radius 1 is 1.33 bits per heavy atom. The van der Waals surface area contributed by atoms with Crippen LogP contribution in [0.1, 0.15) is 24.5 Å². The lowest BCUT2D eigenvalue weighted by Gasteiger charge is -2.18. The van der Waals surface area contributed by atoms with Crippen LogP contribution in [-0.2, 0) is 16.1 Å². The summed E-state index contributed by atoms with van der Waals surface area (Å²) in [6.45, 7) is 1.62. The lowest BCUT2D eigenvalue weighted by Crippen LogP contribution is -2.19. The van der Waals surface area contributed by atoms with Gasteiger partial charge in [0.05, 0.1) is 5.70 Å². The van der Waals surface area contributed by atoms with Crippen LogP contribution in [0.2, 0.25) is 0 Å². The van der Waals surface area contributed by atoms with E-state index in [-0.39, 0.29) is 12.8 Å². The zero-order valence-corrected chi connectivity index (χ0v) is 9.99. The van der Waals surface area contributed by atoms with E-state index in [4.69, 9.17) is 14.3 Å². The molecule has 0 fully saturated rings. The third-order valence-corrected chi connectivity index (χ3v) is 2.96. The van der Waals surface area contributed by atoms with Crippen molar-refractivity contribution in [1.82, 2.24) is 5.48 Å². The van der Waals surface area contributed by atoms with Gasteiger partial charge in [-0.3, -0.25) is 4.79 Å². The van der Waals surface area contributed by atoms with Crippen LogP contribution in [0, 0.1) is 0 Å². The Labute approximate surface area is 104 Å². The van der Waals surface area contributed by atoms with Crippen molar-refractivity contribution in [2.45, 2.75) is 19.8 Å². The second-order valence-corrected chi connectivity index (χ2v) is 4.21. The highest BCUT2D eigenvalue weighted by Crippen LogP contribution is 2.38. The number of carbonyl (C=O) groups excluding carboxylic acids is 1. The number of nitrogens with one attached hydrogen (secondary N) is 1. The molecule has 1 aromatic rings. The Morgan fingerprint density at radius 2 is 2.11 bits per heavy atom. The number of hydrogen-bond donors (Lipinski definition) is 1. The van der Waals surface area contributed by atoms with Gasteiger partial charge in [-0.15, -0.1) is 0 Å². The Hall–Kier alpha value is -2.17. The van der Waals surface area contributed by atoms with Crippen LogP contribution in [0.3, 0.4) is 0 Å². The van der Waals surface area contributed by atoms with Crippen molar-refractivity contribution < 1.29 is 19.1 Å². The Balaban J connectivity index is 1.92. The van der Waals surface area contributed by atoms with Crippen LogP contribution < -0.4 is 15.0 Å². The number of carbonyl (C=O) groups is 1. The van der Waals surface area contributed by atoms with Crippen molar-refractivity contribution in [3.05, 3.63) is 29.3 Å². The molecule has 1 N–H and O–H groups in total. The van der Waals surface area contributed by atoms with Crippen molar-refractivity contribution in [3.63, 3.8) is 0 Å². The average molecular weight is 247 g/mol. The lowest BCUT2D eigenvalue weighted by molar-refractivity contribution is -0.145. The molecule has 0 atom stereocenters. The topological polar surface area (TPSA) is 56.8 Å². The Bertz CT molecular complexity index is 536. The van der Waals surface area contributed by atoms with Crippen molar-refractivity contribution in [1.29, 1.82) is 0 Å². The molecule has 0 amide bonds. The first-order chi connectivity index (χ1) is 8.74. The van der Waals surface area contributed by atoms with Crippen molar-refractivity contribution in [2.75, 3.05) is 6.79 Å². The fourth-order valence-electron chi connectivity index (χ4n) is 2.15. The molecule has 94 valence electrons. The summed E-state index contributed by atoms with van der Waals surface area (Å²) >= 11 is 0. The number of hydroxylamine groups is 1. The molecule has 2 aliphatic rings. The minimum Gasteiger partial charge on any atom is -0.454 e. The molecule has 1 heterocycles. The number of benzene rings is 1. The van der Waals surface area contributed by atoms with Crippen molar-refractivity contribution >= 4 is 11.7 Å². The molecule has 0 saturated carbocycles. The standard InChI is InChI=1S/C13H13NO4/c1-8(15)18-14-11-4-2-3-9-5-12-13(6-10(9)11)17-7-16-12/h4-6,14H,2-3,7H2,1H3. The first-order valence-corrected chi connectivity index (χ1v) is 5.80. The van der Waals surface area contributed by atoms with Gasteiger partial charge in [-0.1, -0.05) is 6.08 Å². The maximum absolute atomic E-state index is 10.8.